The highest BCUT2D eigenvalue weighted by molar-refractivity contribution is 9.09. The lowest BCUT2D eigenvalue weighted by molar-refractivity contribution is -0.146. The van der Waals surface area contributed by atoms with E-state index in [0.29, 0.717) is 17.9 Å². The number of amides is 3. The van der Waals surface area contributed by atoms with Crippen LogP contribution < -0.4 is 5.32 Å². The normalized spacial score (nSPS) is 25.9. The first-order chi connectivity index (χ1) is 17.9. The Balaban J connectivity index is 1.43. The number of anilines is 1. The fourth-order valence-corrected chi connectivity index (χ4v) is 8.14. The molecule has 0 spiro atoms. The number of aryl methyl sites for hydroxylation is 1. The average Bonchev–Trinajstić information content (AvgIpc) is 3.17. The van der Waals surface area contributed by atoms with Crippen molar-refractivity contribution in [1.82, 2.24) is 4.90 Å². The standard InChI is InChI=1S/C30H27BrN2O3S/c1-17-11-13-18(14-12-17)32-27(34)23(15-16-37-2)33-28(35)25-24-19-7-3-5-9-21(19)30(31,26(25)29(33)36)22-10-6-4-8-20(22)24/h3-14,23-26H,15-16H2,1-2H3,(H,32,34). The van der Waals surface area contributed by atoms with Gasteiger partial charge < -0.3 is 5.32 Å². The zero-order valence-electron chi connectivity index (χ0n) is 20.6. The summed E-state index contributed by atoms with van der Waals surface area (Å²) in [5.41, 5.74) is 5.96. The molecule has 1 saturated heterocycles. The molecule has 37 heavy (non-hydrogen) atoms. The van der Waals surface area contributed by atoms with Gasteiger partial charge in [0.15, 0.2) is 0 Å². The summed E-state index contributed by atoms with van der Waals surface area (Å²) in [6.07, 6.45) is 2.36. The van der Waals surface area contributed by atoms with Gasteiger partial charge in [-0.2, -0.15) is 11.8 Å². The van der Waals surface area contributed by atoms with E-state index >= 15 is 0 Å². The number of nitrogens with one attached hydrogen (secondary N) is 1. The van der Waals surface area contributed by atoms with Crippen LogP contribution in [-0.4, -0.2) is 40.7 Å². The minimum atomic E-state index is -0.874. The summed E-state index contributed by atoms with van der Waals surface area (Å²) in [5, 5.41) is 2.95. The quantitative estimate of drug-likeness (QED) is 0.314. The molecule has 3 atom stereocenters. The van der Waals surface area contributed by atoms with Gasteiger partial charge in [0, 0.05) is 11.6 Å². The van der Waals surface area contributed by atoms with E-state index in [0.717, 1.165) is 27.8 Å². The molecule has 0 aromatic heterocycles. The minimum Gasteiger partial charge on any atom is -0.324 e. The summed E-state index contributed by atoms with van der Waals surface area (Å²) in [4.78, 5) is 43.4. The van der Waals surface area contributed by atoms with Crippen LogP contribution in [0.15, 0.2) is 72.8 Å². The van der Waals surface area contributed by atoms with Gasteiger partial charge in [-0.15, -0.1) is 0 Å². The van der Waals surface area contributed by atoms with E-state index in [9.17, 15) is 14.4 Å². The van der Waals surface area contributed by atoms with E-state index in [2.05, 4.69) is 45.5 Å². The van der Waals surface area contributed by atoms with Crippen LogP contribution in [0.4, 0.5) is 5.69 Å². The molecule has 2 bridgehead atoms. The number of imide groups is 1. The van der Waals surface area contributed by atoms with Crippen LogP contribution in [0.5, 0.6) is 0 Å². The number of rotatable bonds is 6. The second-order valence-electron chi connectivity index (χ2n) is 10.1. The SMILES string of the molecule is CSCCC(C(=O)Nc1ccc(C)cc1)N1C(=O)C2C3c4ccccc4C(Br)(c4ccccc43)C2C1=O. The van der Waals surface area contributed by atoms with Crippen molar-refractivity contribution < 1.29 is 14.4 Å². The van der Waals surface area contributed by atoms with Gasteiger partial charge in [-0.25, -0.2) is 0 Å². The van der Waals surface area contributed by atoms with Crippen molar-refractivity contribution in [2.75, 3.05) is 17.3 Å². The number of thioether (sulfide) groups is 1. The van der Waals surface area contributed by atoms with Crippen molar-refractivity contribution in [3.8, 4) is 0 Å². The van der Waals surface area contributed by atoms with Crippen LogP contribution in [0.1, 0.15) is 40.2 Å². The highest BCUT2D eigenvalue weighted by Gasteiger charge is 2.68. The monoisotopic (exact) mass is 574 g/mol. The Bertz CT molecular complexity index is 1370. The first-order valence-electron chi connectivity index (χ1n) is 12.5. The number of carbonyl (C=O) groups is 3. The zero-order valence-corrected chi connectivity index (χ0v) is 23.0. The van der Waals surface area contributed by atoms with E-state index in [4.69, 9.17) is 0 Å². The molecular weight excluding hydrogens is 548 g/mol. The Labute approximate surface area is 229 Å². The Kier molecular flexibility index (Phi) is 6.03. The number of benzene rings is 3. The van der Waals surface area contributed by atoms with Crippen molar-refractivity contribution in [1.29, 1.82) is 0 Å². The Hall–Kier alpha value is -2.90. The molecule has 5 nitrogen and oxygen atoms in total. The van der Waals surface area contributed by atoms with E-state index in [1.165, 1.54) is 4.90 Å². The van der Waals surface area contributed by atoms with Gasteiger partial charge >= 0.3 is 0 Å². The number of carbonyl (C=O) groups excluding carboxylic acids is 3. The third-order valence-electron chi connectivity index (χ3n) is 8.08. The van der Waals surface area contributed by atoms with Crippen LogP contribution in [0, 0.1) is 18.8 Å². The number of hydrogen-bond donors (Lipinski definition) is 1. The second kappa shape index (κ2) is 9.14. The smallest absolute Gasteiger partial charge is 0.247 e. The summed E-state index contributed by atoms with van der Waals surface area (Å²) < 4.78 is -0.821. The first-order valence-corrected chi connectivity index (χ1v) is 14.7. The number of hydrogen-bond acceptors (Lipinski definition) is 4. The van der Waals surface area contributed by atoms with Crippen molar-refractivity contribution in [3.05, 3.63) is 101 Å². The Morgan fingerprint density at radius 2 is 1.57 bits per heavy atom. The van der Waals surface area contributed by atoms with Crippen molar-refractivity contribution >= 4 is 51.1 Å². The molecule has 3 aliphatic carbocycles. The molecule has 1 heterocycles. The predicted octanol–water partition coefficient (Wildman–Crippen LogP) is 5.45. The highest BCUT2D eigenvalue weighted by Crippen LogP contribution is 2.66. The van der Waals surface area contributed by atoms with Gasteiger partial charge in [0.2, 0.25) is 17.7 Å². The van der Waals surface area contributed by atoms with Gasteiger partial charge in [0.25, 0.3) is 0 Å². The number of nitrogens with zero attached hydrogens (tertiary/aromatic N) is 1. The molecular formula is C30H27BrN2O3S. The largest absolute Gasteiger partial charge is 0.324 e. The molecule has 3 aromatic carbocycles. The van der Waals surface area contributed by atoms with Gasteiger partial charge in [0.05, 0.1) is 16.2 Å². The molecule has 7 rings (SSSR count). The average molecular weight is 576 g/mol. The Morgan fingerprint density at radius 3 is 2.16 bits per heavy atom. The zero-order chi connectivity index (χ0) is 25.9. The maximum atomic E-state index is 14.3. The fraction of sp³-hybridized carbons (Fsp3) is 0.300. The van der Waals surface area contributed by atoms with E-state index in [-0.39, 0.29) is 23.6 Å². The van der Waals surface area contributed by atoms with Crippen LogP contribution in [-0.2, 0) is 18.7 Å². The lowest BCUT2D eigenvalue weighted by Crippen LogP contribution is -2.50. The van der Waals surface area contributed by atoms with E-state index < -0.39 is 22.2 Å². The Morgan fingerprint density at radius 1 is 0.973 bits per heavy atom. The molecule has 7 heteroatoms. The lowest BCUT2D eigenvalue weighted by atomic mass is 9.55. The molecule has 3 aromatic rings. The minimum absolute atomic E-state index is 0.223. The topological polar surface area (TPSA) is 66.5 Å². The fourth-order valence-electron chi connectivity index (χ4n) is 6.48. The highest BCUT2D eigenvalue weighted by atomic mass is 79.9. The maximum absolute atomic E-state index is 14.3. The van der Waals surface area contributed by atoms with Gasteiger partial charge in [-0.1, -0.05) is 82.2 Å². The maximum Gasteiger partial charge on any atom is 0.247 e. The van der Waals surface area contributed by atoms with E-state index in [1.807, 2.05) is 61.7 Å². The van der Waals surface area contributed by atoms with Gasteiger partial charge in [-0.05, 0) is 59.7 Å². The van der Waals surface area contributed by atoms with Crippen molar-refractivity contribution in [3.63, 3.8) is 0 Å². The molecule has 188 valence electrons. The lowest BCUT2D eigenvalue weighted by Gasteiger charge is -2.51. The third-order valence-corrected chi connectivity index (χ3v) is 10.1. The summed E-state index contributed by atoms with van der Waals surface area (Å²) in [6, 6.07) is 22.8. The number of halogens is 1. The molecule has 3 unspecified atom stereocenters. The van der Waals surface area contributed by atoms with Crippen LogP contribution in [0.2, 0.25) is 0 Å². The molecule has 0 radical (unpaired) electrons. The number of likely N-dealkylation sites (tertiary alicyclic amines) is 1. The molecule has 1 fully saturated rings. The van der Waals surface area contributed by atoms with E-state index in [1.54, 1.807) is 11.8 Å². The molecule has 1 N–H and O–H groups in total. The van der Waals surface area contributed by atoms with Crippen LogP contribution >= 0.6 is 27.7 Å². The van der Waals surface area contributed by atoms with Crippen LogP contribution in [0.3, 0.4) is 0 Å². The predicted molar refractivity (Wildman–Crippen MR) is 150 cm³/mol. The van der Waals surface area contributed by atoms with Crippen molar-refractivity contribution in [2.24, 2.45) is 11.8 Å². The molecule has 1 aliphatic heterocycles. The molecule has 4 aliphatic rings. The summed E-state index contributed by atoms with van der Waals surface area (Å²) in [7, 11) is 0. The summed E-state index contributed by atoms with van der Waals surface area (Å²) >= 11 is 5.62. The van der Waals surface area contributed by atoms with Crippen molar-refractivity contribution in [2.45, 2.75) is 29.6 Å². The first kappa shape index (κ1) is 24.4. The van der Waals surface area contributed by atoms with Gasteiger partial charge in [0.1, 0.15) is 6.04 Å². The third kappa shape index (κ3) is 3.54. The molecule has 3 amide bonds. The molecule has 0 saturated carbocycles. The number of alkyl halides is 1. The van der Waals surface area contributed by atoms with Crippen LogP contribution in [0.25, 0.3) is 0 Å². The second-order valence-corrected chi connectivity index (χ2v) is 12.3. The summed E-state index contributed by atoms with van der Waals surface area (Å²) in [6.45, 7) is 1.98. The van der Waals surface area contributed by atoms with Gasteiger partial charge in [-0.3, -0.25) is 19.3 Å². The summed E-state index contributed by atoms with van der Waals surface area (Å²) in [5.74, 6) is -1.59.